The van der Waals surface area contributed by atoms with Crippen LogP contribution in [-0.4, -0.2) is 9.55 Å². The summed E-state index contributed by atoms with van der Waals surface area (Å²) in [5.74, 6) is 0. The summed E-state index contributed by atoms with van der Waals surface area (Å²) in [6, 6.07) is 10.4. The highest BCUT2D eigenvalue weighted by molar-refractivity contribution is 5.20. The molecule has 0 fully saturated rings. The highest BCUT2D eigenvalue weighted by atomic mass is 16.1. The van der Waals surface area contributed by atoms with Gasteiger partial charge in [-0.2, -0.15) is 0 Å². The van der Waals surface area contributed by atoms with Crippen molar-refractivity contribution in [2.24, 2.45) is 0 Å². The molecule has 0 saturated carbocycles. The molecule has 1 aliphatic heterocycles. The maximum atomic E-state index is 11.6. The molecule has 0 saturated heterocycles. The summed E-state index contributed by atoms with van der Waals surface area (Å²) in [4.78, 5) is 16.0. The first-order chi connectivity index (χ1) is 8.84. The lowest BCUT2D eigenvalue weighted by Gasteiger charge is -2.08. The molecular formula is C15H16N2O. The van der Waals surface area contributed by atoms with Crippen molar-refractivity contribution < 1.29 is 0 Å². The van der Waals surface area contributed by atoms with Crippen LogP contribution in [-0.2, 0) is 25.8 Å². The van der Waals surface area contributed by atoms with Gasteiger partial charge in [-0.15, -0.1) is 0 Å². The lowest BCUT2D eigenvalue weighted by molar-refractivity contribution is 0.704. The summed E-state index contributed by atoms with van der Waals surface area (Å²) >= 11 is 0. The Labute approximate surface area is 106 Å². The smallest absolute Gasteiger partial charge is 0.269 e. The zero-order valence-corrected chi connectivity index (χ0v) is 10.3. The van der Waals surface area contributed by atoms with Gasteiger partial charge in [-0.05, 0) is 31.2 Å². The molecule has 0 N–H and O–H groups in total. The summed E-state index contributed by atoms with van der Waals surface area (Å²) < 4.78 is 1.88. The molecule has 92 valence electrons. The van der Waals surface area contributed by atoms with E-state index >= 15 is 0 Å². The molecule has 3 heteroatoms. The van der Waals surface area contributed by atoms with Gasteiger partial charge in [0.05, 0.1) is 11.9 Å². The molecule has 2 aromatic rings. The number of benzene rings is 1. The second-order valence-corrected chi connectivity index (χ2v) is 4.73. The van der Waals surface area contributed by atoms with E-state index < -0.39 is 0 Å². The predicted molar refractivity (Wildman–Crippen MR) is 70.7 cm³/mol. The molecule has 0 radical (unpaired) electrons. The van der Waals surface area contributed by atoms with Crippen LogP contribution in [0.4, 0.5) is 0 Å². The number of nitrogens with zero attached hydrogens (tertiary/aromatic N) is 2. The highest BCUT2D eigenvalue weighted by Crippen LogP contribution is 2.16. The quantitative estimate of drug-likeness (QED) is 0.822. The Hall–Kier alpha value is -1.90. The number of hydrogen-bond acceptors (Lipinski definition) is 2. The second kappa shape index (κ2) is 4.77. The first-order valence-electron chi connectivity index (χ1n) is 6.46. The second-order valence-electron chi connectivity index (χ2n) is 4.73. The van der Waals surface area contributed by atoms with Crippen molar-refractivity contribution in [1.29, 1.82) is 0 Å². The van der Waals surface area contributed by atoms with Crippen LogP contribution in [0.3, 0.4) is 0 Å². The van der Waals surface area contributed by atoms with Crippen molar-refractivity contribution in [2.75, 3.05) is 0 Å². The molecule has 0 unspecified atom stereocenters. The molecule has 0 spiro atoms. The Bertz CT molecular complexity index is 602. The van der Waals surface area contributed by atoms with Gasteiger partial charge in [-0.3, -0.25) is 9.78 Å². The molecule has 0 aliphatic carbocycles. The van der Waals surface area contributed by atoms with Crippen LogP contribution in [0.2, 0.25) is 0 Å². The third kappa shape index (κ3) is 2.08. The largest absolute Gasteiger partial charge is 0.309 e. The number of aryl methyl sites for hydroxylation is 2. The van der Waals surface area contributed by atoms with E-state index in [1.165, 1.54) is 11.8 Å². The Morgan fingerprint density at radius 1 is 1.17 bits per heavy atom. The van der Waals surface area contributed by atoms with Crippen LogP contribution >= 0.6 is 0 Å². The minimum Gasteiger partial charge on any atom is -0.309 e. The van der Waals surface area contributed by atoms with E-state index in [2.05, 4.69) is 29.2 Å². The van der Waals surface area contributed by atoms with Crippen molar-refractivity contribution in [3.8, 4) is 0 Å². The summed E-state index contributed by atoms with van der Waals surface area (Å²) in [6.07, 6.45) is 5.43. The molecular weight excluding hydrogens is 224 g/mol. The monoisotopic (exact) mass is 240 g/mol. The molecule has 1 aliphatic rings. The summed E-state index contributed by atoms with van der Waals surface area (Å²) in [5, 5.41) is 0. The van der Waals surface area contributed by atoms with Gasteiger partial charge in [0.15, 0.2) is 0 Å². The van der Waals surface area contributed by atoms with Gasteiger partial charge in [-0.25, -0.2) is 0 Å². The summed E-state index contributed by atoms with van der Waals surface area (Å²) in [7, 11) is 0. The van der Waals surface area contributed by atoms with E-state index in [0.29, 0.717) is 0 Å². The van der Waals surface area contributed by atoms with Crippen molar-refractivity contribution in [3.05, 3.63) is 63.8 Å². The van der Waals surface area contributed by atoms with Crippen LogP contribution in [0.25, 0.3) is 0 Å². The normalized spacial score (nSPS) is 13.6. The third-order valence-electron chi connectivity index (χ3n) is 3.54. The molecule has 18 heavy (non-hydrogen) atoms. The minimum absolute atomic E-state index is 0.0472. The molecule has 3 rings (SSSR count). The molecule has 1 aromatic carbocycles. The zero-order valence-electron chi connectivity index (χ0n) is 10.3. The highest BCUT2D eigenvalue weighted by Gasteiger charge is 2.16. The fourth-order valence-electron chi connectivity index (χ4n) is 2.61. The van der Waals surface area contributed by atoms with Crippen LogP contribution in [0.1, 0.15) is 23.4 Å². The van der Waals surface area contributed by atoms with E-state index in [9.17, 15) is 4.79 Å². The molecule has 1 aromatic heterocycles. The van der Waals surface area contributed by atoms with Gasteiger partial charge in [0.25, 0.3) is 5.56 Å². The van der Waals surface area contributed by atoms with Crippen LogP contribution in [0.15, 0.2) is 41.3 Å². The lowest BCUT2D eigenvalue weighted by Crippen LogP contribution is -2.21. The molecule has 0 amide bonds. The number of rotatable bonds is 3. The Morgan fingerprint density at radius 2 is 2.00 bits per heavy atom. The standard InChI is InChI=1S/C15H16N2O/c18-15-11-16-13(14-7-4-10-17(14)15)9-8-12-5-2-1-3-6-12/h1-3,5-6,11H,4,7-10H2. The van der Waals surface area contributed by atoms with Gasteiger partial charge < -0.3 is 4.57 Å². The maximum absolute atomic E-state index is 11.6. The van der Waals surface area contributed by atoms with Gasteiger partial charge >= 0.3 is 0 Å². The van der Waals surface area contributed by atoms with Crippen molar-refractivity contribution in [2.45, 2.75) is 32.2 Å². The Kier molecular flexibility index (Phi) is 2.97. The number of hydrogen-bond donors (Lipinski definition) is 0. The summed E-state index contributed by atoms with van der Waals surface area (Å²) in [6.45, 7) is 0.856. The molecule has 0 bridgehead atoms. The van der Waals surface area contributed by atoms with Gasteiger partial charge in [-0.1, -0.05) is 30.3 Å². The Morgan fingerprint density at radius 3 is 2.83 bits per heavy atom. The number of aromatic nitrogens is 2. The first-order valence-corrected chi connectivity index (χ1v) is 6.46. The van der Waals surface area contributed by atoms with E-state index in [1.54, 1.807) is 0 Å². The lowest BCUT2D eigenvalue weighted by atomic mass is 10.1. The zero-order chi connectivity index (χ0) is 12.4. The van der Waals surface area contributed by atoms with Gasteiger partial charge in [0.1, 0.15) is 0 Å². The van der Waals surface area contributed by atoms with Crippen LogP contribution in [0.5, 0.6) is 0 Å². The Balaban J connectivity index is 1.82. The van der Waals surface area contributed by atoms with Crippen LogP contribution < -0.4 is 5.56 Å². The average Bonchev–Trinajstić information content (AvgIpc) is 2.90. The van der Waals surface area contributed by atoms with E-state index in [1.807, 2.05) is 10.6 Å². The van der Waals surface area contributed by atoms with E-state index in [0.717, 1.165) is 43.6 Å². The fourth-order valence-corrected chi connectivity index (χ4v) is 2.61. The van der Waals surface area contributed by atoms with E-state index in [4.69, 9.17) is 0 Å². The predicted octanol–water partition coefficient (Wildman–Crippen LogP) is 1.97. The SMILES string of the molecule is O=c1cnc(CCc2ccccc2)c2n1CCC2. The minimum atomic E-state index is 0.0472. The van der Waals surface area contributed by atoms with Crippen molar-refractivity contribution in [3.63, 3.8) is 0 Å². The first kappa shape index (κ1) is 11.2. The fraction of sp³-hybridized carbons (Fsp3) is 0.333. The van der Waals surface area contributed by atoms with Crippen LogP contribution in [0, 0.1) is 0 Å². The third-order valence-corrected chi connectivity index (χ3v) is 3.54. The topological polar surface area (TPSA) is 34.9 Å². The average molecular weight is 240 g/mol. The molecule has 3 nitrogen and oxygen atoms in total. The molecule has 2 heterocycles. The van der Waals surface area contributed by atoms with Crippen molar-refractivity contribution in [1.82, 2.24) is 9.55 Å². The van der Waals surface area contributed by atoms with E-state index in [-0.39, 0.29) is 5.56 Å². The number of fused-ring (bicyclic) bond motifs is 1. The van der Waals surface area contributed by atoms with Gasteiger partial charge in [0.2, 0.25) is 0 Å². The van der Waals surface area contributed by atoms with Gasteiger partial charge in [0, 0.05) is 12.2 Å². The maximum Gasteiger partial charge on any atom is 0.269 e. The summed E-state index contributed by atoms with van der Waals surface area (Å²) in [5.41, 5.74) is 3.61. The molecule has 0 atom stereocenters. The van der Waals surface area contributed by atoms with Crippen molar-refractivity contribution >= 4 is 0 Å².